The summed E-state index contributed by atoms with van der Waals surface area (Å²) in [6, 6.07) is 10.7. The first-order valence-corrected chi connectivity index (χ1v) is 10.5. The highest BCUT2D eigenvalue weighted by Crippen LogP contribution is 2.44. The second-order valence-corrected chi connectivity index (χ2v) is 9.05. The van der Waals surface area contributed by atoms with Crippen LogP contribution in [0.1, 0.15) is 16.7 Å². The summed E-state index contributed by atoms with van der Waals surface area (Å²) in [5.41, 5.74) is 0.399. The SMILES string of the molecule is CS(=O)(=O)c1ccc(C2=CC(CO)(CO)C=C2c2ccc(C(F)(F)F)cc2)cc1. The molecule has 0 amide bonds. The second kappa shape index (κ2) is 7.44. The van der Waals surface area contributed by atoms with Gasteiger partial charge in [0, 0.05) is 6.26 Å². The molecule has 0 saturated carbocycles. The Kier molecular flexibility index (Phi) is 5.46. The normalized spacial score (nSPS) is 16.5. The summed E-state index contributed by atoms with van der Waals surface area (Å²) in [5.74, 6) is 0. The standard InChI is InChI=1S/C21H19F3O4S/c1-29(27,28)17-8-4-15(5-9-17)19-11-20(12-25,13-26)10-18(19)14-2-6-16(7-3-14)21(22,23)24/h2-11,25-26H,12-13H2,1H3. The Labute approximate surface area is 166 Å². The van der Waals surface area contributed by atoms with Crippen molar-refractivity contribution < 1.29 is 31.8 Å². The van der Waals surface area contributed by atoms with Crippen LogP contribution < -0.4 is 0 Å². The van der Waals surface area contributed by atoms with Gasteiger partial charge in [-0.05, 0) is 46.5 Å². The highest BCUT2D eigenvalue weighted by Gasteiger charge is 2.34. The van der Waals surface area contributed by atoms with Crippen LogP contribution in [0.5, 0.6) is 0 Å². The van der Waals surface area contributed by atoms with Gasteiger partial charge in [-0.2, -0.15) is 13.2 Å². The van der Waals surface area contributed by atoms with Gasteiger partial charge in [-0.1, -0.05) is 36.4 Å². The fourth-order valence-corrected chi connectivity index (χ4v) is 3.83. The Morgan fingerprint density at radius 2 is 1.24 bits per heavy atom. The average molecular weight is 424 g/mol. The quantitative estimate of drug-likeness (QED) is 0.770. The van der Waals surface area contributed by atoms with E-state index in [1.54, 1.807) is 24.3 Å². The topological polar surface area (TPSA) is 74.6 Å². The van der Waals surface area contributed by atoms with Crippen LogP contribution in [0.15, 0.2) is 65.6 Å². The summed E-state index contributed by atoms with van der Waals surface area (Å²) in [6.45, 7) is -0.781. The van der Waals surface area contributed by atoms with Gasteiger partial charge in [-0.25, -0.2) is 8.42 Å². The van der Waals surface area contributed by atoms with Gasteiger partial charge in [-0.15, -0.1) is 0 Å². The van der Waals surface area contributed by atoms with E-state index in [0.717, 1.165) is 18.4 Å². The number of aliphatic hydroxyl groups excluding tert-OH is 2. The average Bonchev–Trinajstić information content (AvgIpc) is 3.07. The van der Waals surface area contributed by atoms with Crippen molar-refractivity contribution in [3.8, 4) is 0 Å². The Morgan fingerprint density at radius 3 is 1.59 bits per heavy atom. The summed E-state index contributed by atoms with van der Waals surface area (Å²) >= 11 is 0. The minimum absolute atomic E-state index is 0.135. The van der Waals surface area contributed by atoms with E-state index in [0.29, 0.717) is 22.3 Å². The van der Waals surface area contributed by atoms with E-state index in [1.165, 1.54) is 24.3 Å². The summed E-state index contributed by atoms with van der Waals surface area (Å²) in [5, 5.41) is 19.5. The third-order valence-electron chi connectivity index (χ3n) is 4.86. The number of benzene rings is 2. The lowest BCUT2D eigenvalue weighted by molar-refractivity contribution is -0.137. The van der Waals surface area contributed by atoms with E-state index in [2.05, 4.69) is 0 Å². The molecule has 154 valence electrons. The van der Waals surface area contributed by atoms with Crippen LogP contribution in [0, 0.1) is 5.41 Å². The molecule has 0 fully saturated rings. The maximum Gasteiger partial charge on any atom is 0.416 e. The largest absolute Gasteiger partial charge is 0.416 e. The molecule has 3 rings (SSSR count). The predicted molar refractivity (Wildman–Crippen MR) is 104 cm³/mol. The lowest BCUT2D eigenvalue weighted by atomic mass is 9.91. The minimum Gasteiger partial charge on any atom is -0.395 e. The summed E-state index contributed by atoms with van der Waals surface area (Å²) in [4.78, 5) is 0.135. The van der Waals surface area contributed by atoms with Crippen molar-refractivity contribution in [1.82, 2.24) is 0 Å². The molecule has 0 radical (unpaired) electrons. The molecule has 0 aliphatic heterocycles. The van der Waals surface area contributed by atoms with Crippen LogP contribution in [0.4, 0.5) is 13.2 Å². The molecule has 0 saturated heterocycles. The van der Waals surface area contributed by atoms with Crippen molar-refractivity contribution >= 4 is 21.0 Å². The van der Waals surface area contributed by atoms with E-state index in [4.69, 9.17) is 0 Å². The first-order chi connectivity index (χ1) is 13.5. The van der Waals surface area contributed by atoms with Crippen LogP contribution in [-0.4, -0.2) is 38.1 Å². The number of aliphatic hydroxyl groups is 2. The van der Waals surface area contributed by atoms with E-state index < -0.39 is 40.2 Å². The Bertz CT molecular complexity index is 1060. The molecule has 0 spiro atoms. The lowest BCUT2D eigenvalue weighted by Crippen LogP contribution is -2.23. The molecule has 2 aromatic carbocycles. The van der Waals surface area contributed by atoms with Gasteiger partial charge in [0.2, 0.25) is 0 Å². The van der Waals surface area contributed by atoms with Gasteiger partial charge in [0.25, 0.3) is 0 Å². The summed E-state index contributed by atoms with van der Waals surface area (Å²) in [6.07, 6.45) is -0.0968. The molecule has 2 aromatic rings. The molecular formula is C21H19F3O4S. The number of allylic oxidation sites excluding steroid dienone is 2. The third-order valence-corrected chi connectivity index (χ3v) is 5.99. The minimum atomic E-state index is -4.46. The Morgan fingerprint density at radius 1 is 0.828 bits per heavy atom. The van der Waals surface area contributed by atoms with Crippen LogP contribution >= 0.6 is 0 Å². The van der Waals surface area contributed by atoms with Crippen LogP contribution in [0.2, 0.25) is 0 Å². The van der Waals surface area contributed by atoms with E-state index in [-0.39, 0.29) is 4.90 Å². The first-order valence-electron chi connectivity index (χ1n) is 8.65. The van der Waals surface area contributed by atoms with E-state index in [1.807, 2.05) is 0 Å². The lowest BCUT2D eigenvalue weighted by Gasteiger charge is -2.18. The third kappa shape index (κ3) is 4.29. The molecule has 2 N–H and O–H groups in total. The fourth-order valence-electron chi connectivity index (χ4n) is 3.20. The van der Waals surface area contributed by atoms with Crippen molar-refractivity contribution in [3.63, 3.8) is 0 Å². The molecule has 0 bridgehead atoms. The van der Waals surface area contributed by atoms with Gasteiger partial charge in [0.15, 0.2) is 9.84 Å². The maximum absolute atomic E-state index is 12.9. The molecule has 0 unspecified atom stereocenters. The summed E-state index contributed by atoms with van der Waals surface area (Å²) in [7, 11) is -3.38. The zero-order valence-corrected chi connectivity index (χ0v) is 16.3. The number of halogens is 3. The Balaban J connectivity index is 2.08. The maximum atomic E-state index is 12.9. The molecule has 29 heavy (non-hydrogen) atoms. The van der Waals surface area contributed by atoms with Gasteiger partial charge >= 0.3 is 6.18 Å². The van der Waals surface area contributed by atoms with Crippen LogP contribution in [0.25, 0.3) is 11.1 Å². The number of hydrogen-bond donors (Lipinski definition) is 2. The molecule has 8 heteroatoms. The van der Waals surface area contributed by atoms with Gasteiger partial charge < -0.3 is 10.2 Å². The van der Waals surface area contributed by atoms with Crippen molar-refractivity contribution in [2.45, 2.75) is 11.1 Å². The van der Waals surface area contributed by atoms with Crippen LogP contribution in [0.3, 0.4) is 0 Å². The molecule has 0 atom stereocenters. The van der Waals surface area contributed by atoms with Crippen LogP contribution in [-0.2, 0) is 16.0 Å². The smallest absolute Gasteiger partial charge is 0.395 e. The summed E-state index contributed by atoms with van der Waals surface area (Å²) < 4.78 is 61.9. The van der Waals surface area contributed by atoms with E-state index in [9.17, 15) is 31.8 Å². The zero-order chi connectivity index (χ0) is 21.4. The Hall–Kier alpha value is -2.42. The molecule has 1 aliphatic carbocycles. The van der Waals surface area contributed by atoms with Crippen molar-refractivity contribution in [2.75, 3.05) is 19.5 Å². The zero-order valence-electron chi connectivity index (χ0n) is 15.4. The van der Waals surface area contributed by atoms with Crippen molar-refractivity contribution in [3.05, 3.63) is 77.4 Å². The number of rotatable bonds is 5. The number of hydrogen-bond acceptors (Lipinski definition) is 4. The van der Waals surface area contributed by atoms with E-state index >= 15 is 0 Å². The molecular weight excluding hydrogens is 405 g/mol. The highest BCUT2D eigenvalue weighted by atomic mass is 32.2. The predicted octanol–water partition coefficient (Wildman–Crippen LogP) is 3.56. The van der Waals surface area contributed by atoms with Crippen molar-refractivity contribution in [1.29, 1.82) is 0 Å². The number of sulfone groups is 1. The first kappa shape index (κ1) is 21.3. The molecule has 1 aliphatic rings. The molecule has 4 nitrogen and oxygen atoms in total. The molecule has 0 aromatic heterocycles. The fraction of sp³-hybridized carbons (Fsp3) is 0.238. The second-order valence-electron chi connectivity index (χ2n) is 7.04. The van der Waals surface area contributed by atoms with Crippen molar-refractivity contribution in [2.24, 2.45) is 5.41 Å². The molecule has 0 heterocycles. The highest BCUT2D eigenvalue weighted by molar-refractivity contribution is 7.90. The van der Waals surface area contributed by atoms with Gasteiger partial charge in [-0.3, -0.25) is 0 Å². The monoisotopic (exact) mass is 424 g/mol. The van der Waals surface area contributed by atoms with Gasteiger partial charge in [0.05, 0.1) is 29.1 Å². The van der Waals surface area contributed by atoms with Gasteiger partial charge in [0.1, 0.15) is 0 Å². The number of alkyl halides is 3.